The Kier molecular flexibility index (Phi) is 6.42. The molecule has 3 aromatic rings. The number of carbonyl (C=O) groups is 2. The van der Waals surface area contributed by atoms with Gasteiger partial charge in [-0.15, -0.1) is 0 Å². The molecule has 0 aromatic heterocycles. The van der Waals surface area contributed by atoms with E-state index in [9.17, 15) is 9.59 Å². The van der Waals surface area contributed by atoms with Gasteiger partial charge in [-0.25, -0.2) is 0 Å². The van der Waals surface area contributed by atoms with Crippen molar-refractivity contribution in [1.29, 1.82) is 0 Å². The van der Waals surface area contributed by atoms with Gasteiger partial charge in [0.1, 0.15) is 5.70 Å². The molecule has 0 atom stereocenters. The Bertz CT molecular complexity index is 1190. The number of thioether (sulfide) groups is 1. The van der Waals surface area contributed by atoms with E-state index in [0.717, 1.165) is 44.0 Å². The van der Waals surface area contributed by atoms with Gasteiger partial charge in [0.05, 0.1) is 4.91 Å². The number of allylic oxidation sites excluding steroid dienone is 2. The van der Waals surface area contributed by atoms with Crippen molar-refractivity contribution in [2.45, 2.75) is 17.9 Å². The molecule has 0 bridgehead atoms. The standard InChI is InChI=1S/C28H26N2O2S/c31-26-23-14-7-8-15-24(23)27(32)28(33-22-12-5-2-6-13-22)25(26)30-17-9-16-29(18-19-30)20-21-10-3-1-4-11-21/h1-8,10-15H,9,16-20H2. The Morgan fingerprint density at radius 2 is 1.30 bits per heavy atom. The third-order valence-corrected chi connectivity index (χ3v) is 7.26. The number of benzene rings is 3. The van der Waals surface area contributed by atoms with E-state index in [1.165, 1.54) is 17.3 Å². The molecule has 0 saturated carbocycles. The van der Waals surface area contributed by atoms with Gasteiger partial charge in [-0.05, 0) is 24.1 Å². The normalized spacial score (nSPS) is 17.2. The number of hydrogen-bond donors (Lipinski definition) is 0. The molecular formula is C28H26N2O2S. The summed E-state index contributed by atoms with van der Waals surface area (Å²) in [5.74, 6) is -0.0976. The maximum absolute atomic E-state index is 13.7. The first kappa shape index (κ1) is 21.7. The summed E-state index contributed by atoms with van der Waals surface area (Å²) in [5, 5.41) is 0. The molecule has 2 aliphatic rings. The van der Waals surface area contributed by atoms with Gasteiger partial charge < -0.3 is 4.90 Å². The quantitative estimate of drug-likeness (QED) is 0.525. The van der Waals surface area contributed by atoms with Crippen LogP contribution in [0.15, 0.2) is 100 Å². The molecule has 1 fully saturated rings. The van der Waals surface area contributed by atoms with E-state index in [1.54, 1.807) is 12.1 Å². The summed E-state index contributed by atoms with van der Waals surface area (Å²) in [6.07, 6.45) is 0.947. The molecule has 0 radical (unpaired) electrons. The number of rotatable bonds is 5. The van der Waals surface area contributed by atoms with E-state index in [-0.39, 0.29) is 11.6 Å². The summed E-state index contributed by atoms with van der Waals surface area (Å²) in [6, 6.07) is 27.5. The van der Waals surface area contributed by atoms with Crippen LogP contribution in [0.25, 0.3) is 0 Å². The van der Waals surface area contributed by atoms with Gasteiger partial charge >= 0.3 is 0 Å². The summed E-state index contributed by atoms with van der Waals surface area (Å²) in [4.78, 5) is 33.3. The van der Waals surface area contributed by atoms with Crippen molar-refractivity contribution in [2.75, 3.05) is 26.2 Å². The van der Waals surface area contributed by atoms with Crippen molar-refractivity contribution in [3.8, 4) is 0 Å². The second-order valence-electron chi connectivity index (χ2n) is 8.40. The Morgan fingerprint density at radius 1 is 0.667 bits per heavy atom. The van der Waals surface area contributed by atoms with Crippen molar-refractivity contribution < 1.29 is 9.59 Å². The number of Topliss-reactive ketones (excluding diaryl/α,β-unsaturated/α-hetero) is 2. The fraction of sp³-hybridized carbons (Fsp3) is 0.214. The summed E-state index contributed by atoms with van der Waals surface area (Å²) in [7, 11) is 0. The first-order valence-electron chi connectivity index (χ1n) is 11.4. The molecule has 0 amide bonds. The van der Waals surface area contributed by atoms with E-state index in [0.29, 0.717) is 21.7 Å². The highest BCUT2D eigenvalue weighted by Gasteiger charge is 2.36. The molecule has 166 valence electrons. The highest BCUT2D eigenvalue weighted by atomic mass is 32.2. The van der Waals surface area contributed by atoms with Crippen LogP contribution in [0.2, 0.25) is 0 Å². The van der Waals surface area contributed by atoms with Gasteiger partial charge in [-0.1, -0.05) is 84.6 Å². The van der Waals surface area contributed by atoms with Crippen LogP contribution < -0.4 is 0 Å². The lowest BCUT2D eigenvalue weighted by molar-refractivity contribution is 0.0948. The lowest BCUT2D eigenvalue weighted by Gasteiger charge is -2.30. The molecule has 4 nitrogen and oxygen atoms in total. The topological polar surface area (TPSA) is 40.6 Å². The third kappa shape index (κ3) is 4.65. The van der Waals surface area contributed by atoms with Crippen molar-refractivity contribution in [3.05, 3.63) is 112 Å². The van der Waals surface area contributed by atoms with E-state index >= 15 is 0 Å². The van der Waals surface area contributed by atoms with Crippen LogP contribution in [0.5, 0.6) is 0 Å². The largest absolute Gasteiger partial charge is 0.366 e. The lowest BCUT2D eigenvalue weighted by atomic mass is 9.91. The van der Waals surface area contributed by atoms with Crippen molar-refractivity contribution in [1.82, 2.24) is 9.80 Å². The lowest BCUT2D eigenvalue weighted by Crippen LogP contribution is -2.36. The minimum absolute atomic E-state index is 0.0415. The zero-order valence-corrected chi connectivity index (χ0v) is 19.3. The number of ketones is 2. The Morgan fingerprint density at radius 3 is 2.03 bits per heavy atom. The molecule has 3 aromatic carbocycles. The first-order valence-corrected chi connectivity index (χ1v) is 12.2. The minimum atomic E-state index is -0.0561. The minimum Gasteiger partial charge on any atom is -0.366 e. The molecule has 33 heavy (non-hydrogen) atoms. The average Bonchev–Trinajstić information content (AvgIpc) is 3.09. The average molecular weight is 455 g/mol. The zero-order chi connectivity index (χ0) is 22.6. The van der Waals surface area contributed by atoms with Crippen molar-refractivity contribution in [3.63, 3.8) is 0 Å². The summed E-state index contributed by atoms with van der Waals surface area (Å²) >= 11 is 1.41. The fourth-order valence-electron chi connectivity index (χ4n) is 4.52. The molecule has 0 unspecified atom stereocenters. The van der Waals surface area contributed by atoms with Gasteiger partial charge in [0.25, 0.3) is 0 Å². The Labute approximate surface area is 198 Å². The number of carbonyl (C=O) groups excluding carboxylic acids is 2. The van der Waals surface area contributed by atoms with Crippen LogP contribution >= 0.6 is 11.8 Å². The van der Waals surface area contributed by atoms with E-state index in [4.69, 9.17) is 0 Å². The van der Waals surface area contributed by atoms with Crippen LogP contribution in [-0.2, 0) is 6.54 Å². The zero-order valence-electron chi connectivity index (χ0n) is 18.4. The molecule has 0 spiro atoms. The van der Waals surface area contributed by atoms with Gasteiger partial charge in [-0.3, -0.25) is 14.5 Å². The molecule has 5 heteroatoms. The Hall–Kier alpha value is -3.15. The Balaban J connectivity index is 1.45. The fourth-order valence-corrected chi connectivity index (χ4v) is 5.57. The highest BCUT2D eigenvalue weighted by molar-refractivity contribution is 8.04. The summed E-state index contributed by atoms with van der Waals surface area (Å²) in [5.41, 5.74) is 2.88. The highest BCUT2D eigenvalue weighted by Crippen LogP contribution is 2.38. The molecule has 1 aliphatic heterocycles. The first-order chi connectivity index (χ1) is 16.2. The van der Waals surface area contributed by atoms with Gasteiger partial charge in [0.2, 0.25) is 11.6 Å². The monoisotopic (exact) mass is 454 g/mol. The van der Waals surface area contributed by atoms with Crippen LogP contribution in [0, 0.1) is 0 Å². The SMILES string of the molecule is O=C1C(Sc2ccccc2)=C(N2CCCN(Cc3ccccc3)CC2)C(=O)c2ccccc21. The van der Waals surface area contributed by atoms with Gasteiger partial charge in [-0.2, -0.15) is 0 Å². The second kappa shape index (κ2) is 9.77. The van der Waals surface area contributed by atoms with E-state index in [1.807, 2.05) is 48.5 Å². The van der Waals surface area contributed by atoms with E-state index < -0.39 is 0 Å². The van der Waals surface area contributed by atoms with E-state index in [2.05, 4.69) is 34.1 Å². The third-order valence-electron chi connectivity index (χ3n) is 6.17. The van der Waals surface area contributed by atoms with Gasteiger partial charge in [0, 0.05) is 48.7 Å². The maximum Gasteiger partial charge on any atom is 0.211 e. The van der Waals surface area contributed by atoms with Crippen molar-refractivity contribution >= 4 is 23.3 Å². The predicted octanol–water partition coefficient (Wildman–Crippen LogP) is 5.28. The molecule has 0 N–H and O–H groups in total. The van der Waals surface area contributed by atoms with Crippen LogP contribution in [-0.4, -0.2) is 47.5 Å². The molecule has 1 heterocycles. The summed E-state index contributed by atoms with van der Waals surface area (Å²) < 4.78 is 0. The number of nitrogens with zero attached hydrogens (tertiary/aromatic N) is 2. The predicted molar refractivity (Wildman–Crippen MR) is 132 cm³/mol. The molecule has 1 aliphatic carbocycles. The number of fused-ring (bicyclic) bond motifs is 1. The maximum atomic E-state index is 13.7. The molecular weight excluding hydrogens is 428 g/mol. The van der Waals surface area contributed by atoms with Crippen LogP contribution in [0.3, 0.4) is 0 Å². The summed E-state index contributed by atoms with van der Waals surface area (Å²) in [6.45, 7) is 4.21. The van der Waals surface area contributed by atoms with Crippen LogP contribution in [0.1, 0.15) is 32.7 Å². The van der Waals surface area contributed by atoms with Crippen molar-refractivity contribution in [2.24, 2.45) is 0 Å². The second-order valence-corrected chi connectivity index (χ2v) is 9.48. The molecule has 1 saturated heterocycles. The number of hydrogen-bond acceptors (Lipinski definition) is 5. The van der Waals surface area contributed by atoms with Gasteiger partial charge in [0.15, 0.2) is 0 Å². The molecule has 5 rings (SSSR count). The smallest absolute Gasteiger partial charge is 0.211 e. The van der Waals surface area contributed by atoms with Crippen LogP contribution in [0.4, 0.5) is 0 Å².